The summed E-state index contributed by atoms with van der Waals surface area (Å²) in [6.45, 7) is -0.194. The van der Waals surface area contributed by atoms with Crippen LogP contribution in [-0.2, 0) is 16.5 Å². The molecule has 0 radical (unpaired) electrons. The molecular formula is C18H29FO3S. The first-order valence-corrected chi connectivity index (χ1v) is 10.1. The molecule has 0 fully saturated rings. The molecular weight excluding hydrogens is 315 g/mol. The Labute approximate surface area is 140 Å². The van der Waals surface area contributed by atoms with Crippen molar-refractivity contribution in [3.8, 4) is 0 Å². The molecule has 132 valence electrons. The highest BCUT2D eigenvalue weighted by Crippen LogP contribution is 2.18. The third-order valence-electron chi connectivity index (χ3n) is 4.08. The minimum Gasteiger partial charge on any atom is -0.282 e. The highest BCUT2D eigenvalue weighted by Gasteiger charge is 2.13. The van der Waals surface area contributed by atoms with Gasteiger partial charge in [-0.2, -0.15) is 8.42 Å². The van der Waals surface area contributed by atoms with E-state index in [4.69, 9.17) is 0 Å². The minimum absolute atomic E-state index is 0.0354. The van der Waals surface area contributed by atoms with Crippen LogP contribution < -0.4 is 0 Å². The summed E-state index contributed by atoms with van der Waals surface area (Å²) in [6.07, 6.45) is 11.5. The maximum Gasteiger partial charge on any atom is 0.294 e. The highest BCUT2D eigenvalue weighted by atomic mass is 32.2. The molecule has 23 heavy (non-hydrogen) atoms. The first kappa shape index (κ1) is 20.1. The Morgan fingerprint density at radius 2 is 1.26 bits per heavy atom. The van der Waals surface area contributed by atoms with Crippen LogP contribution in [0, 0.1) is 0 Å². The van der Waals surface area contributed by atoms with Crippen LogP contribution in [0.15, 0.2) is 29.2 Å². The molecule has 0 amide bonds. The maximum atomic E-state index is 11.9. The van der Waals surface area contributed by atoms with Gasteiger partial charge in [-0.1, -0.05) is 69.6 Å². The van der Waals surface area contributed by atoms with Crippen LogP contribution in [0.25, 0.3) is 0 Å². The molecule has 0 heterocycles. The van der Waals surface area contributed by atoms with E-state index < -0.39 is 10.1 Å². The van der Waals surface area contributed by atoms with Gasteiger partial charge in [-0.05, 0) is 30.9 Å². The molecule has 1 aromatic carbocycles. The van der Waals surface area contributed by atoms with E-state index in [1.165, 1.54) is 31.7 Å². The van der Waals surface area contributed by atoms with Crippen LogP contribution in [0.4, 0.5) is 4.39 Å². The summed E-state index contributed by atoms with van der Waals surface area (Å²) in [5.74, 6) is 0. The van der Waals surface area contributed by atoms with Crippen LogP contribution >= 0.6 is 0 Å². The molecule has 0 saturated heterocycles. The Balaban J connectivity index is 2.10. The van der Waals surface area contributed by atoms with Crippen molar-refractivity contribution in [1.29, 1.82) is 0 Å². The highest BCUT2D eigenvalue weighted by molar-refractivity contribution is 7.85. The molecule has 3 nitrogen and oxygen atoms in total. The monoisotopic (exact) mass is 344 g/mol. The summed E-state index contributed by atoms with van der Waals surface area (Å²) in [4.78, 5) is 0.0354. The number of halogens is 1. The van der Waals surface area contributed by atoms with Gasteiger partial charge in [0.25, 0.3) is 10.1 Å². The predicted octanol–water partition coefficient (Wildman–Crippen LogP) is 5.35. The van der Waals surface area contributed by atoms with Crippen LogP contribution in [-0.4, -0.2) is 19.6 Å². The fraction of sp³-hybridized carbons (Fsp3) is 0.667. The first-order valence-electron chi connectivity index (χ1n) is 8.67. The fourth-order valence-electron chi connectivity index (χ4n) is 2.79. The van der Waals surface area contributed by atoms with Crippen molar-refractivity contribution >= 4 is 10.1 Å². The standard InChI is InChI=1S/C18H29FO3S/c19-16-12-8-6-4-2-1-3-5-7-9-13-17-14-10-11-15-18(17)23(20,21)22/h10-11,14-15H,1-9,12-13,16H2,(H,20,21,22). The van der Waals surface area contributed by atoms with E-state index in [1.807, 2.05) is 0 Å². The number of rotatable bonds is 13. The van der Waals surface area contributed by atoms with E-state index >= 15 is 0 Å². The van der Waals surface area contributed by atoms with Crippen molar-refractivity contribution in [2.75, 3.05) is 6.67 Å². The van der Waals surface area contributed by atoms with Gasteiger partial charge in [0.05, 0.1) is 11.6 Å². The van der Waals surface area contributed by atoms with Crippen LogP contribution in [0.3, 0.4) is 0 Å². The van der Waals surface area contributed by atoms with Gasteiger partial charge in [0.1, 0.15) is 0 Å². The molecule has 0 bridgehead atoms. The zero-order valence-electron chi connectivity index (χ0n) is 13.8. The summed E-state index contributed by atoms with van der Waals surface area (Å²) < 4.78 is 43.7. The number of unbranched alkanes of at least 4 members (excludes halogenated alkanes) is 9. The van der Waals surface area contributed by atoms with Gasteiger partial charge in [-0.15, -0.1) is 0 Å². The van der Waals surface area contributed by atoms with Crippen molar-refractivity contribution in [2.45, 2.75) is 75.5 Å². The Bertz CT molecular complexity index is 529. The molecule has 0 unspecified atom stereocenters. The summed E-state index contributed by atoms with van der Waals surface area (Å²) >= 11 is 0. The van der Waals surface area contributed by atoms with Gasteiger partial charge in [0.2, 0.25) is 0 Å². The Hall–Kier alpha value is -0.940. The normalized spacial score (nSPS) is 11.7. The van der Waals surface area contributed by atoms with E-state index in [2.05, 4.69) is 0 Å². The first-order chi connectivity index (χ1) is 11.1. The summed E-state index contributed by atoms with van der Waals surface area (Å²) in [6, 6.07) is 6.64. The molecule has 0 saturated carbocycles. The van der Waals surface area contributed by atoms with Gasteiger partial charge in [-0.25, -0.2) is 0 Å². The summed E-state index contributed by atoms with van der Waals surface area (Å²) in [5.41, 5.74) is 0.697. The van der Waals surface area contributed by atoms with Gasteiger partial charge < -0.3 is 0 Å². The average molecular weight is 344 g/mol. The van der Waals surface area contributed by atoms with E-state index in [-0.39, 0.29) is 11.6 Å². The van der Waals surface area contributed by atoms with Gasteiger partial charge in [0, 0.05) is 0 Å². The summed E-state index contributed by atoms with van der Waals surface area (Å²) in [5, 5.41) is 0. The van der Waals surface area contributed by atoms with Crippen LogP contribution in [0.2, 0.25) is 0 Å². The lowest BCUT2D eigenvalue weighted by Gasteiger charge is -2.07. The topological polar surface area (TPSA) is 54.4 Å². The second-order valence-corrected chi connectivity index (χ2v) is 7.45. The summed E-state index contributed by atoms with van der Waals surface area (Å²) in [7, 11) is -4.12. The molecule has 1 aromatic rings. The molecule has 1 rings (SSSR count). The van der Waals surface area contributed by atoms with E-state index in [9.17, 15) is 17.4 Å². The number of hydrogen-bond acceptors (Lipinski definition) is 2. The lowest BCUT2D eigenvalue weighted by atomic mass is 10.0. The number of hydrogen-bond donors (Lipinski definition) is 1. The number of aryl methyl sites for hydroxylation is 1. The Kier molecular flexibility index (Phi) is 10.1. The van der Waals surface area contributed by atoms with E-state index in [0.717, 1.165) is 32.1 Å². The molecule has 0 spiro atoms. The maximum absolute atomic E-state index is 11.9. The lowest BCUT2D eigenvalue weighted by molar-refractivity contribution is 0.449. The van der Waals surface area contributed by atoms with E-state index in [1.54, 1.807) is 18.2 Å². The van der Waals surface area contributed by atoms with Gasteiger partial charge in [0.15, 0.2) is 0 Å². The van der Waals surface area contributed by atoms with Crippen LogP contribution in [0.5, 0.6) is 0 Å². The van der Waals surface area contributed by atoms with Gasteiger partial charge in [-0.3, -0.25) is 8.94 Å². The fourth-order valence-corrected chi connectivity index (χ4v) is 3.54. The Morgan fingerprint density at radius 1 is 0.783 bits per heavy atom. The van der Waals surface area contributed by atoms with Crippen molar-refractivity contribution in [3.63, 3.8) is 0 Å². The van der Waals surface area contributed by atoms with Crippen LogP contribution in [0.1, 0.15) is 69.8 Å². The molecule has 5 heteroatoms. The Morgan fingerprint density at radius 3 is 1.78 bits per heavy atom. The SMILES string of the molecule is O=S(=O)(O)c1ccccc1CCCCCCCCCCCCF. The van der Waals surface area contributed by atoms with Crippen molar-refractivity contribution in [1.82, 2.24) is 0 Å². The van der Waals surface area contributed by atoms with Crippen molar-refractivity contribution < 1.29 is 17.4 Å². The molecule has 0 aromatic heterocycles. The zero-order valence-corrected chi connectivity index (χ0v) is 14.7. The smallest absolute Gasteiger partial charge is 0.282 e. The predicted molar refractivity (Wildman–Crippen MR) is 92.1 cm³/mol. The second kappa shape index (κ2) is 11.6. The van der Waals surface area contributed by atoms with E-state index in [0.29, 0.717) is 18.4 Å². The minimum atomic E-state index is -4.12. The quantitative estimate of drug-likeness (QED) is 0.388. The molecule has 0 aliphatic carbocycles. The number of alkyl halides is 1. The molecule has 0 atom stereocenters. The molecule has 1 N–H and O–H groups in total. The molecule has 0 aliphatic rings. The lowest BCUT2D eigenvalue weighted by Crippen LogP contribution is -2.03. The average Bonchev–Trinajstić information content (AvgIpc) is 2.52. The zero-order chi connectivity index (χ0) is 17.0. The van der Waals surface area contributed by atoms with Crippen molar-refractivity contribution in [3.05, 3.63) is 29.8 Å². The van der Waals surface area contributed by atoms with Gasteiger partial charge >= 0.3 is 0 Å². The largest absolute Gasteiger partial charge is 0.294 e. The third-order valence-corrected chi connectivity index (χ3v) is 5.03. The van der Waals surface area contributed by atoms with Crippen molar-refractivity contribution in [2.24, 2.45) is 0 Å². The molecule has 0 aliphatic heterocycles. The third kappa shape index (κ3) is 9.06. The number of benzene rings is 1. The second-order valence-electron chi connectivity index (χ2n) is 6.06.